The van der Waals surface area contributed by atoms with Gasteiger partial charge in [-0.05, 0) is 131 Å². The fraction of sp³-hybridized carbons (Fsp3) is 0.263. The van der Waals surface area contributed by atoms with Gasteiger partial charge in [-0.15, -0.1) is 0 Å². The lowest BCUT2D eigenvalue weighted by Crippen LogP contribution is -2.34. The second-order valence-corrected chi connectivity index (χ2v) is 12.2. The molecule has 1 aromatic heterocycles. The van der Waals surface area contributed by atoms with Crippen molar-refractivity contribution in [3.05, 3.63) is 114 Å². The number of rotatable bonds is 9. The summed E-state index contributed by atoms with van der Waals surface area (Å²) in [6, 6.07) is 30.6. The van der Waals surface area contributed by atoms with Gasteiger partial charge in [0, 0.05) is 46.3 Å². The highest BCUT2D eigenvalue weighted by Gasteiger charge is 2.19. The fourth-order valence-electron chi connectivity index (χ4n) is 6.05. The predicted molar refractivity (Wildman–Crippen MR) is 185 cm³/mol. The number of carbonyl (C=O) groups is 2. The van der Waals surface area contributed by atoms with Gasteiger partial charge in [-0.25, -0.2) is 4.79 Å². The summed E-state index contributed by atoms with van der Waals surface area (Å²) < 4.78 is 8.25. The second kappa shape index (κ2) is 13.9. The van der Waals surface area contributed by atoms with E-state index in [2.05, 4.69) is 56.6 Å². The number of urea groups is 1. The molecule has 4 aromatic carbocycles. The van der Waals surface area contributed by atoms with Gasteiger partial charge < -0.3 is 25.3 Å². The van der Waals surface area contributed by atoms with E-state index >= 15 is 0 Å². The zero-order chi connectivity index (χ0) is 32.0. The molecule has 0 bridgehead atoms. The molecule has 1 aliphatic heterocycles. The molecule has 0 saturated carbocycles. The summed E-state index contributed by atoms with van der Waals surface area (Å²) in [4.78, 5) is 27.6. The fourth-order valence-corrected chi connectivity index (χ4v) is 6.05. The van der Waals surface area contributed by atoms with Gasteiger partial charge >= 0.3 is 6.03 Å². The number of nitrogens with one attached hydrogen (secondary N) is 3. The van der Waals surface area contributed by atoms with Crippen molar-refractivity contribution < 1.29 is 14.3 Å². The van der Waals surface area contributed by atoms with Crippen molar-refractivity contribution in [1.82, 2.24) is 14.8 Å². The van der Waals surface area contributed by atoms with Crippen LogP contribution in [0.1, 0.15) is 54.7 Å². The number of benzene rings is 4. The van der Waals surface area contributed by atoms with Crippen LogP contribution in [0.25, 0.3) is 16.6 Å². The Labute approximate surface area is 270 Å². The molecule has 46 heavy (non-hydrogen) atoms. The van der Waals surface area contributed by atoms with Crippen molar-refractivity contribution in [2.45, 2.75) is 52.6 Å². The molecular weight excluding hydrogens is 574 g/mol. The van der Waals surface area contributed by atoms with Gasteiger partial charge in [-0.2, -0.15) is 0 Å². The van der Waals surface area contributed by atoms with Crippen LogP contribution in [0.2, 0.25) is 0 Å². The molecule has 0 radical (unpaired) electrons. The minimum atomic E-state index is -0.251. The number of hydrogen-bond donors (Lipinski definition) is 3. The normalized spacial score (nSPS) is 13.5. The summed E-state index contributed by atoms with van der Waals surface area (Å²) in [5.74, 6) is 1.09. The third-order valence-corrected chi connectivity index (χ3v) is 8.34. The predicted octanol–water partition coefficient (Wildman–Crippen LogP) is 8.50. The lowest BCUT2D eigenvalue weighted by Gasteiger charge is -2.26. The Bertz CT molecular complexity index is 1800. The molecule has 0 atom stereocenters. The van der Waals surface area contributed by atoms with E-state index < -0.39 is 0 Å². The van der Waals surface area contributed by atoms with Crippen LogP contribution in [0.3, 0.4) is 0 Å². The molecule has 236 valence electrons. The summed E-state index contributed by atoms with van der Waals surface area (Å²) in [5.41, 5.74) is 6.78. The third kappa shape index (κ3) is 7.24. The molecular formula is C38H41N5O3. The van der Waals surface area contributed by atoms with Gasteiger partial charge in [0.25, 0.3) is 5.91 Å². The first-order valence-corrected chi connectivity index (χ1v) is 16.0. The Morgan fingerprint density at radius 1 is 0.761 bits per heavy atom. The number of piperidine rings is 1. The van der Waals surface area contributed by atoms with E-state index in [0.717, 1.165) is 25.3 Å². The average molecular weight is 616 g/mol. The van der Waals surface area contributed by atoms with E-state index in [4.69, 9.17) is 4.74 Å². The number of fused-ring (bicyclic) bond motifs is 1. The maximum Gasteiger partial charge on any atom is 0.319 e. The molecule has 6 rings (SSSR count). The number of carbonyl (C=O) groups excluding carboxylic acids is 2. The number of para-hydroxylation sites is 1. The van der Waals surface area contributed by atoms with Crippen molar-refractivity contribution >= 4 is 34.2 Å². The number of amides is 3. The zero-order valence-electron chi connectivity index (χ0n) is 26.7. The smallest absolute Gasteiger partial charge is 0.319 e. The van der Waals surface area contributed by atoms with E-state index in [-0.39, 0.29) is 18.0 Å². The summed E-state index contributed by atoms with van der Waals surface area (Å²) in [6.07, 6.45) is 3.87. The second-order valence-electron chi connectivity index (χ2n) is 12.2. The van der Waals surface area contributed by atoms with Crippen molar-refractivity contribution in [3.63, 3.8) is 0 Å². The van der Waals surface area contributed by atoms with Crippen molar-refractivity contribution in [1.29, 1.82) is 0 Å². The average Bonchev–Trinajstić information content (AvgIpc) is 3.33. The van der Waals surface area contributed by atoms with Crippen LogP contribution in [0.5, 0.6) is 11.5 Å². The van der Waals surface area contributed by atoms with Crippen molar-refractivity contribution in [2.75, 3.05) is 23.7 Å². The maximum atomic E-state index is 13.1. The molecule has 1 saturated heterocycles. The highest BCUT2D eigenvalue weighted by Crippen LogP contribution is 2.31. The Morgan fingerprint density at radius 2 is 1.37 bits per heavy atom. The van der Waals surface area contributed by atoms with E-state index in [1.165, 1.54) is 41.4 Å². The monoisotopic (exact) mass is 615 g/mol. The molecule has 1 aliphatic rings. The molecule has 8 heteroatoms. The Morgan fingerprint density at radius 3 is 2.00 bits per heavy atom. The summed E-state index contributed by atoms with van der Waals surface area (Å²) >= 11 is 0. The highest BCUT2D eigenvalue weighted by molar-refractivity contribution is 6.04. The molecule has 3 N–H and O–H groups in total. The number of aromatic nitrogens is 1. The molecule has 0 unspecified atom stereocenters. The first kappa shape index (κ1) is 30.9. The molecule has 2 heterocycles. The van der Waals surface area contributed by atoms with Crippen LogP contribution < -0.4 is 20.7 Å². The standard InChI is InChI=1S/C38H41N5O3/c1-26(2)39-38(45)41-30-15-21-33(22-16-30)46-32-19-13-29(14-20-32)40-37(44)28-11-17-31(18-12-28)43-27(3)35(25-42-23-7-4-8-24-42)34-9-5-6-10-36(34)43/h5-6,9-22,26H,4,7-8,23-25H2,1-3H3,(H,40,44)(H2,39,41,45). The van der Waals surface area contributed by atoms with Gasteiger partial charge in [0.05, 0.1) is 5.52 Å². The quantitative estimate of drug-likeness (QED) is 0.155. The Balaban J connectivity index is 1.09. The van der Waals surface area contributed by atoms with Crippen molar-refractivity contribution in [3.8, 4) is 17.2 Å². The first-order valence-electron chi connectivity index (χ1n) is 16.0. The van der Waals surface area contributed by atoms with Gasteiger partial charge in [-0.1, -0.05) is 24.6 Å². The molecule has 0 spiro atoms. The van der Waals surface area contributed by atoms with E-state index in [9.17, 15) is 9.59 Å². The first-order chi connectivity index (χ1) is 22.3. The van der Waals surface area contributed by atoms with Gasteiger partial charge in [0.1, 0.15) is 11.5 Å². The van der Waals surface area contributed by atoms with Crippen LogP contribution in [0.4, 0.5) is 16.2 Å². The number of anilines is 2. The lowest BCUT2D eigenvalue weighted by atomic mass is 10.1. The highest BCUT2D eigenvalue weighted by atomic mass is 16.5. The Kier molecular flexibility index (Phi) is 9.36. The van der Waals surface area contributed by atoms with Gasteiger partial charge in [0.2, 0.25) is 0 Å². The van der Waals surface area contributed by atoms with Crippen LogP contribution in [0.15, 0.2) is 97.1 Å². The van der Waals surface area contributed by atoms with Gasteiger partial charge in [-0.3, -0.25) is 9.69 Å². The Hall–Kier alpha value is -5.08. The molecule has 3 amide bonds. The lowest BCUT2D eigenvalue weighted by molar-refractivity contribution is 0.102. The molecule has 5 aromatic rings. The number of likely N-dealkylation sites (tertiary alicyclic amines) is 1. The summed E-state index contributed by atoms with van der Waals surface area (Å²) in [7, 11) is 0. The van der Waals surface area contributed by atoms with E-state index in [1.807, 2.05) is 62.4 Å². The number of hydrogen-bond acceptors (Lipinski definition) is 4. The SMILES string of the molecule is Cc1c(CN2CCCCC2)c2ccccc2n1-c1ccc(C(=O)Nc2ccc(Oc3ccc(NC(=O)NC(C)C)cc3)cc2)cc1. The van der Waals surface area contributed by atoms with Crippen LogP contribution >= 0.6 is 0 Å². The van der Waals surface area contributed by atoms with E-state index in [0.29, 0.717) is 28.4 Å². The third-order valence-electron chi connectivity index (χ3n) is 8.34. The summed E-state index contributed by atoms with van der Waals surface area (Å²) in [5, 5.41) is 9.86. The van der Waals surface area contributed by atoms with Crippen LogP contribution in [0, 0.1) is 6.92 Å². The molecule has 0 aliphatic carbocycles. The zero-order valence-corrected chi connectivity index (χ0v) is 26.7. The van der Waals surface area contributed by atoms with Gasteiger partial charge in [0.15, 0.2) is 0 Å². The van der Waals surface area contributed by atoms with Crippen molar-refractivity contribution in [2.24, 2.45) is 0 Å². The largest absolute Gasteiger partial charge is 0.457 e. The number of ether oxygens (including phenoxy) is 1. The van der Waals surface area contributed by atoms with E-state index in [1.54, 1.807) is 24.3 Å². The molecule has 1 fully saturated rings. The minimum absolute atomic E-state index is 0.0549. The maximum absolute atomic E-state index is 13.1. The topological polar surface area (TPSA) is 87.6 Å². The summed E-state index contributed by atoms with van der Waals surface area (Å²) in [6.45, 7) is 9.29. The van der Waals surface area contributed by atoms with Crippen LogP contribution in [-0.2, 0) is 6.54 Å². The van der Waals surface area contributed by atoms with Crippen LogP contribution in [-0.4, -0.2) is 40.5 Å². The number of nitrogens with zero attached hydrogens (tertiary/aromatic N) is 2. The molecule has 8 nitrogen and oxygen atoms in total. The minimum Gasteiger partial charge on any atom is -0.457 e.